The fraction of sp³-hybridized carbons (Fsp3) is 0.571. The van der Waals surface area contributed by atoms with E-state index >= 15 is 4.39 Å². The summed E-state index contributed by atoms with van der Waals surface area (Å²) in [6.45, 7) is 4.67. The van der Waals surface area contributed by atoms with Crippen LogP contribution in [0.1, 0.15) is 92.8 Å². The van der Waals surface area contributed by atoms with Crippen molar-refractivity contribution >= 4 is 22.8 Å². The first kappa shape index (κ1) is 26.3. The number of likely N-dealkylation sites (tertiary alicyclic amines) is 1. The van der Waals surface area contributed by atoms with E-state index in [4.69, 9.17) is 4.98 Å². The molecule has 1 aliphatic carbocycles. The number of aromatic nitrogens is 4. The van der Waals surface area contributed by atoms with Crippen molar-refractivity contribution in [3.05, 3.63) is 47.3 Å². The molecule has 2 aromatic heterocycles. The van der Waals surface area contributed by atoms with Gasteiger partial charge in [0, 0.05) is 24.8 Å². The van der Waals surface area contributed by atoms with Crippen molar-refractivity contribution in [2.75, 3.05) is 13.2 Å². The number of piperidine rings is 1. The van der Waals surface area contributed by atoms with Gasteiger partial charge < -0.3 is 20.3 Å². The van der Waals surface area contributed by atoms with Gasteiger partial charge >= 0.3 is 0 Å². The number of fused-ring (bicyclic) bond motifs is 1. The minimum atomic E-state index is -0.592. The van der Waals surface area contributed by atoms with Gasteiger partial charge in [0.05, 0.1) is 17.6 Å². The number of carbonyl (C=O) groups is 2. The van der Waals surface area contributed by atoms with E-state index in [0.29, 0.717) is 48.0 Å². The Morgan fingerprint density at radius 1 is 1.18 bits per heavy atom. The third kappa shape index (κ3) is 5.06. The largest absolute Gasteiger partial charge is 0.387 e. The second-order valence-corrected chi connectivity index (χ2v) is 10.7. The van der Waals surface area contributed by atoms with Crippen molar-refractivity contribution in [2.45, 2.75) is 77.4 Å². The van der Waals surface area contributed by atoms with Crippen LogP contribution in [0.2, 0.25) is 0 Å². The van der Waals surface area contributed by atoms with E-state index in [1.807, 2.05) is 6.92 Å². The number of halogens is 1. The zero-order valence-electron chi connectivity index (χ0n) is 22.1. The third-order valence-electron chi connectivity index (χ3n) is 8.32. The molecule has 5 rings (SSSR count). The number of amides is 2. The molecule has 204 valence electrons. The summed E-state index contributed by atoms with van der Waals surface area (Å²) < 4.78 is 17.6. The number of rotatable bonds is 7. The van der Waals surface area contributed by atoms with Gasteiger partial charge in [-0.3, -0.25) is 14.3 Å². The minimum Gasteiger partial charge on any atom is -0.387 e. The molecule has 3 N–H and O–H groups in total. The van der Waals surface area contributed by atoms with Gasteiger partial charge in [-0.1, -0.05) is 25.8 Å². The van der Waals surface area contributed by atoms with Crippen LogP contribution in [0.5, 0.6) is 0 Å². The van der Waals surface area contributed by atoms with Crippen LogP contribution >= 0.6 is 0 Å². The first-order valence-electron chi connectivity index (χ1n) is 13.8. The molecule has 1 unspecified atom stereocenters. The number of benzene rings is 1. The Morgan fingerprint density at radius 2 is 1.97 bits per heavy atom. The summed E-state index contributed by atoms with van der Waals surface area (Å²) in [4.78, 5) is 35.2. The van der Waals surface area contributed by atoms with Crippen molar-refractivity contribution in [1.29, 1.82) is 0 Å². The molecule has 3 aromatic rings. The molecule has 9 nitrogen and oxygen atoms in total. The molecule has 1 aromatic carbocycles. The number of aliphatic hydroxyl groups is 1. The Morgan fingerprint density at radius 3 is 2.71 bits per heavy atom. The van der Waals surface area contributed by atoms with E-state index < -0.39 is 30.4 Å². The topological polar surface area (TPSA) is 116 Å². The van der Waals surface area contributed by atoms with Crippen molar-refractivity contribution < 1.29 is 19.1 Å². The molecule has 2 atom stereocenters. The lowest BCUT2D eigenvalue weighted by Crippen LogP contribution is -2.40. The molecular weight excluding hydrogens is 487 g/mol. The Hall–Kier alpha value is -3.27. The van der Waals surface area contributed by atoms with Crippen LogP contribution in [0.3, 0.4) is 0 Å². The first-order chi connectivity index (χ1) is 18.4. The van der Waals surface area contributed by atoms with E-state index in [2.05, 4.69) is 22.3 Å². The maximum atomic E-state index is 16.0. The number of carbonyl (C=O) groups excluding carboxylic acids is 2. The lowest BCUT2D eigenvalue weighted by Gasteiger charge is -2.35. The highest BCUT2D eigenvalue weighted by Gasteiger charge is 2.34. The predicted molar refractivity (Wildman–Crippen MR) is 141 cm³/mol. The Labute approximate surface area is 221 Å². The summed E-state index contributed by atoms with van der Waals surface area (Å²) in [6, 6.07) is 4.38. The highest BCUT2D eigenvalue weighted by atomic mass is 19.1. The number of imidazole rings is 1. The van der Waals surface area contributed by atoms with Gasteiger partial charge in [-0.2, -0.15) is 5.10 Å². The normalized spacial score (nSPS) is 22.9. The van der Waals surface area contributed by atoms with E-state index in [0.717, 1.165) is 38.5 Å². The van der Waals surface area contributed by atoms with Gasteiger partial charge in [-0.15, -0.1) is 0 Å². The number of H-pyrrole nitrogens is 1. The molecule has 2 amide bonds. The van der Waals surface area contributed by atoms with E-state index in [1.165, 1.54) is 0 Å². The Kier molecular flexibility index (Phi) is 7.78. The van der Waals surface area contributed by atoms with Crippen LogP contribution < -0.4 is 5.32 Å². The molecule has 10 heteroatoms. The monoisotopic (exact) mass is 524 g/mol. The number of aryl methyl sites for hydroxylation is 1. The number of nitrogens with one attached hydrogen (secondary N) is 2. The smallest absolute Gasteiger partial charge is 0.270 e. The standard InChI is InChI=1S/C28H37FN6O3/c1-3-35-22(13-14-30-35)28(38)33-25(18-9-7-17(2)8-10-18)27-31-20-12-11-19(24(29)26(20)32-27)21-6-4-5-15-34(21)23(37)16-36/h11-14,17-18,21,25,36H,3-10,15-16H2,1-2H3,(H,31,32)(H,33,38)/t17-,18-,21?,25-/m0/s1. The van der Waals surface area contributed by atoms with Crippen LogP contribution in [-0.4, -0.2) is 54.7 Å². The third-order valence-corrected chi connectivity index (χ3v) is 8.32. The van der Waals surface area contributed by atoms with Gasteiger partial charge in [-0.25, -0.2) is 9.37 Å². The fourth-order valence-corrected chi connectivity index (χ4v) is 6.15. The summed E-state index contributed by atoms with van der Waals surface area (Å²) in [5.41, 5.74) is 1.66. The number of nitrogens with zero attached hydrogens (tertiary/aromatic N) is 4. The molecule has 1 saturated heterocycles. The zero-order chi connectivity index (χ0) is 26.8. The number of hydrogen-bond donors (Lipinski definition) is 3. The molecule has 0 radical (unpaired) electrons. The highest BCUT2D eigenvalue weighted by Crippen LogP contribution is 2.38. The van der Waals surface area contributed by atoms with E-state index in [1.54, 1.807) is 34.0 Å². The summed E-state index contributed by atoms with van der Waals surface area (Å²) in [6.07, 6.45) is 7.99. The summed E-state index contributed by atoms with van der Waals surface area (Å²) in [5, 5.41) is 16.8. The van der Waals surface area contributed by atoms with Gasteiger partial charge in [0.1, 0.15) is 23.6 Å². The van der Waals surface area contributed by atoms with Gasteiger partial charge in [0.15, 0.2) is 5.82 Å². The maximum Gasteiger partial charge on any atom is 0.270 e. The number of aromatic amines is 1. The Balaban J connectivity index is 1.49. The Bertz CT molecular complexity index is 1290. The first-order valence-corrected chi connectivity index (χ1v) is 13.8. The summed E-state index contributed by atoms with van der Waals surface area (Å²) in [5.74, 6) is 0.275. The molecular formula is C28H37FN6O3. The van der Waals surface area contributed by atoms with Crippen molar-refractivity contribution in [3.63, 3.8) is 0 Å². The van der Waals surface area contributed by atoms with Crippen LogP contribution in [0.4, 0.5) is 4.39 Å². The highest BCUT2D eigenvalue weighted by molar-refractivity contribution is 5.92. The number of hydrogen-bond acceptors (Lipinski definition) is 5. The van der Waals surface area contributed by atoms with Crippen LogP contribution in [0.15, 0.2) is 24.4 Å². The molecule has 0 spiro atoms. The van der Waals surface area contributed by atoms with Gasteiger partial charge in [0.25, 0.3) is 5.91 Å². The summed E-state index contributed by atoms with van der Waals surface area (Å²) in [7, 11) is 0. The zero-order valence-corrected chi connectivity index (χ0v) is 22.1. The number of aliphatic hydroxyl groups excluding tert-OH is 1. The molecule has 2 aliphatic rings. The van der Waals surface area contributed by atoms with E-state index in [9.17, 15) is 14.7 Å². The predicted octanol–water partition coefficient (Wildman–Crippen LogP) is 4.26. The SMILES string of the molecule is CCn1nccc1C(=O)N[C@H](c1nc2c(F)c(C3CCCCN3C(=O)CO)ccc2[nH]1)[C@H]1CC[C@H](C)CC1. The van der Waals surface area contributed by atoms with Crippen molar-refractivity contribution in [1.82, 2.24) is 30.0 Å². The van der Waals surface area contributed by atoms with Crippen molar-refractivity contribution in [3.8, 4) is 0 Å². The average Bonchev–Trinajstić information content (AvgIpc) is 3.60. The van der Waals surface area contributed by atoms with E-state index in [-0.39, 0.29) is 17.3 Å². The molecule has 0 bridgehead atoms. The quantitative estimate of drug-likeness (QED) is 0.427. The molecule has 2 fully saturated rings. The molecule has 1 aliphatic heterocycles. The van der Waals surface area contributed by atoms with Gasteiger partial charge in [-0.05, 0) is 63.0 Å². The van der Waals surface area contributed by atoms with Gasteiger partial charge in [0.2, 0.25) is 5.91 Å². The molecule has 1 saturated carbocycles. The minimum absolute atomic E-state index is 0.173. The summed E-state index contributed by atoms with van der Waals surface area (Å²) >= 11 is 0. The fourth-order valence-electron chi connectivity index (χ4n) is 6.15. The second kappa shape index (κ2) is 11.2. The molecule has 38 heavy (non-hydrogen) atoms. The maximum absolute atomic E-state index is 16.0. The average molecular weight is 525 g/mol. The second-order valence-electron chi connectivity index (χ2n) is 10.7. The van der Waals surface area contributed by atoms with Crippen LogP contribution in [0, 0.1) is 17.7 Å². The van der Waals surface area contributed by atoms with Crippen molar-refractivity contribution in [2.24, 2.45) is 11.8 Å². The van der Waals surface area contributed by atoms with Crippen LogP contribution in [0.25, 0.3) is 11.0 Å². The lowest BCUT2D eigenvalue weighted by molar-refractivity contribution is -0.138. The lowest BCUT2D eigenvalue weighted by atomic mass is 9.79. The van der Waals surface area contributed by atoms with Crippen LogP contribution in [-0.2, 0) is 11.3 Å². The molecule has 3 heterocycles.